The normalized spacial score (nSPS) is 25.9. The van der Waals surface area contributed by atoms with Crippen molar-refractivity contribution < 1.29 is 4.79 Å². The molecule has 0 saturated heterocycles. The smallest absolute Gasteiger partial charge is 0.219 e. The lowest BCUT2D eigenvalue weighted by molar-refractivity contribution is -0.119. The summed E-state index contributed by atoms with van der Waals surface area (Å²) in [6.07, 6.45) is 5.77. The van der Waals surface area contributed by atoms with E-state index in [0.717, 1.165) is 25.7 Å². The maximum atomic E-state index is 11.0. The number of hydrogen-bond acceptors (Lipinski definition) is 3. The summed E-state index contributed by atoms with van der Waals surface area (Å²) in [5.41, 5.74) is 4.91. The van der Waals surface area contributed by atoms with E-state index in [0.29, 0.717) is 6.42 Å². The molecule has 0 spiro atoms. The quantitative estimate of drug-likeness (QED) is 0.730. The summed E-state index contributed by atoms with van der Waals surface area (Å²) < 4.78 is 0. The number of nitrogens with two attached hydrogens (primary N) is 1. The average molecular weight is 237 g/mol. The summed E-state index contributed by atoms with van der Waals surface area (Å²) in [4.78, 5) is 11.0. The van der Waals surface area contributed by atoms with E-state index in [-0.39, 0.29) is 23.4 Å². The fraction of sp³-hybridized carbons (Fsp3) is 0.846. The van der Waals surface area contributed by atoms with E-state index in [1.165, 1.54) is 6.42 Å². The van der Waals surface area contributed by atoms with E-state index < -0.39 is 0 Å². The number of primary amides is 1. The summed E-state index contributed by atoms with van der Waals surface area (Å²) >= 11 is 0. The molecule has 0 aromatic heterocycles. The highest BCUT2D eigenvalue weighted by molar-refractivity contribution is 5.75. The zero-order valence-corrected chi connectivity index (χ0v) is 10.8. The molecule has 0 aliphatic heterocycles. The lowest BCUT2D eigenvalue weighted by Crippen LogP contribution is -2.50. The van der Waals surface area contributed by atoms with Crippen LogP contribution in [0.1, 0.15) is 52.4 Å². The molecule has 0 heterocycles. The van der Waals surface area contributed by atoms with Gasteiger partial charge in [0, 0.05) is 18.0 Å². The van der Waals surface area contributed by atoms with Crippen LogP contribution in [0.4, 0.5) is 0 Å². The topological polar surface area (TPSA) is 78.9 Å². The Kier molecular flexibility index (Phi) is 4.95. The van der Waals surface area contributed by atoms with Gasteiger partial charge in [0.15, 0.2) is 0 Å². The highest BCUT2D eigenvalue weighted by Crippen LogP contribution is 2.25. The van der Waals surface area contributed by atoms with Crippen LogP contribution in [0.25, 0.3) is 0 Å². The number of nitrogens with zero attached hydrogens (tertiary/aromatic N) is 1. The minimum Gasteiger partial charge on any atom is -0.370 e. The molecule has 1 fully saturated rings. The zero-order valence-electron chi connectivity index (χ0n) is 10.8. The van der Waals surface area contributed by atoms with Crippen molar-refractivity contribution in [1.29, 1.82) is 5.26 Å². The molecule has 0 aromatic carbocycles. The predicted octanol–water partition coefficient (Wildman–Crippen LogP) is 1.70. The molecule has 2 unspecified atom stereocenters. The second kappa shape index (κ2) is 6.02. The van der Waals surface area contributed by atoms with Crippen molar-refractivity contribution in [3.05, 3.63) is 0 Å². The lowest BCUT2D eigenvalue weighted by atomic mass is 9.91. The van der Waals surface area contributed by atoms with Crippen molar-refractivity contribution in [1.82, 2.24) is 5.32 Å². The molecule has 1 aliphatic carbocycles. The third-order valence-electron chi connectivity index (χ3n) is 3.37. The molecule has 3 N–H and O–H groups in total. The molecular formula is C13H23N3O. The first-order valence-corrected chi connectivity index (χ1v) is 6.40. The lowest BCUT2D eigenvalue weighted by Gasteiger charge is -2.32. The standard InChI is InChI=1S/C13H23N3O/c1-13(2,8-12(15)17)16-11-7-5-3-4-6-10(11)9-14/h10-11,16H,3-8H2,1-2H3,(H2,15,17). The fourth-order valence-corrected chi connectivity index (χ4v) is 2.62. The van der Waals surface area contributed by atoms with Crippen molar-refractivity contribution in [2.24, 2.45) is 11.7 Å². The summed E-state index contributed by atoms with van der Waals surface area (Å²) in [5.74, 6) is -0.241. The van der Waals surface area contributed by atoms with Crippen molar-refractivity contribution in [3.8, 4) is 6.07 Å². The number of nitriles is 1. The van der Waals surface area contributed by atoms with Gasteiger partial charge in [0.2, 0.25) is 5.91 Å². The van der Waals surface area contributed by atoms with Gasteiger partial charge < -0.3 is 11.1 Å². The first-order valence-electron chi connectivity index (χ1n) is 6.40. The monoisotopic (exact) mass is 237 g/mol. The van der Waals surface area contributed by atoms with E-state index in [2.05, 4.69) is 11.4 Å². The minimum absolute atomic E-state index is 0.0599. The van der Waals surface area contributed by atoms with Gasteiger partial charge in [-0.05, 0) is 26.7 Å². The number of nitrogens with one attached hydrogen (secondary N) is 1. The molecule has 1 aliphatic rings. The van der Waals surface area contributed by atoms with E-state index in [9.17, 15) is 10.1 Å². The Morgan fingerprint density at radius 1 is 1.41 bits per heavy atom. The third kappa shape index (κ3) is 4.74. The molecule has 96 valence electrons. The second-order valence-corrected chi connectivity index (χ2v) is 5.65. The van der Waals surface area contributed by atoms with Gasteiger partial charge >= 0.3 is 0 Å². The van der Waals surface area contributed by atoms with E-state index in [1.807, 2.05) is 13.8 Å². The van der Waals surface area contributed by atoms with Gasteiger partial charge in [0.1, 0.15) is 0 Å². The van der Waals surface area contributed by atoms with Gasteiger partial charge in [-0.3, -0.25) is 4.79 Å². The SMILES string of the molecule is CC(C)(CC(N)=O)NC1CCCCCC1C#N. The van der Waals surface area contributed by atoms with Crippen molar-refractivity contribution >= 4 is 5.91 Å². The number of rotatable bonds is 4. The van der Waals surface area contributed by atoms with Gasteiger partial charge in [-0.25, -0.2) is 0 Å². The summed E-state index contributed by atoms with van der Waals surface area (Å²) in [6, 6.07) is 2.58. The maximum Gasteiger partial charge on any atom is 0.219 e. The molecule has 0 aromatic rings. The Morgan fingerprint density at radius 3 is 2.65 bits per heavy atom. The first-order chi connectivity index (χ1) is 7.94. The number of hydrogen-bond donors (Lipinski definition) is 2. The Hall–Kier alpha value is -1.08. The van der Waals surface area contributed by atoms with Crippen LogP contribution in [-0.2, 0) is 4.79 Å². The fourth-order valence-electron chi connectivity index (χ4n) is 2.62. The van der Waals surface area contributed by atoms with Crippen molar-refractivity contribution in [3.63, 3.8) is 0 Å². The molecule has 2 atom stereocenters. The van der Waals surface area contributed by atoms with Crippen LogP contribution in [0.5, 0.6) is 0 Å². The molecular weight excluding hydrogens is 214 g/mol. The molecule has 4 nitrogen and oxygen atoms in total. The second-order valence-electron chi connectivity index (χ2n) is 5.65. The van der Waals surface area contributed by atoms with E-state index in [1.54, 1.807) is 0 Å². The molecule has 1 saturated carbocycles. The summed E-state index contributed by atoms with van der Waals surface area (Å²) in [5, 5.41) is 12.6. The highest BCUT2D eigenvalue weighted by atomic mass is 16.1. The Bertz CT molecular complexity index is 306. The van der Waals surface area contributed by atoms with Gasteiger partial charge in [-0.15, -0.1) is 0 Å². The van der Waals surface area contributed by atoms with Crippen LogP contribution in [-0.4, -0.2) is 17.5 Å². The highest BCUT2D eigenvalue weighted by Gasteiger charge is 2.29. The van der Waals surface area contributed by atoms with Crippen molar-refractivity contribution in [2.75, 3.05) is 0 Å². The van der Waals surface area contributed by atoms with Crippen molar-refractivity contribution in [2.45, 2.75) is 64.0 Å². The summed E-state index contributed by atoms with van der Waals surface area (Å²) in [7, 11) is 0. The molecule has 17 heavy (non-hydrogen) atoms. The largest absolute Gasteiger partial charge is 0.370 e. The average Bonchev–Trinajstić information content (AvgIpc) is 2.40. The Morgan fingerprint density at radius 2 is 2.06 bits per heavy atom. The Labute approximate surface area is 104 Å². The predicted molar refractivity (Wildman–Crippen MR) is 67.0 cm³/mol. The summed E-state index contributed by atoms with van der Waals surface area (Å²) in [6.45, 7) is 3.94. The molecule has 0 radical (unpaired) electrons. The van der Waals surface area contributed by atoms with Crippen LogP contribution in [0.2, 0.25) is 0 Å². The van der Waals surface area contributed by atoms with Gasteiger partial charge in [0.25, 0.3) is 0 Å². The van der Waals surface area contributed by atoms with E-state index in [4.69, 9.17) is 5.73 Å². The van der Waals surface area contributed by atoms with Crippen LogP contribution in [0.15, 0.2) is 0 Å². The zero-order chi connectivity index (χ0) is 12.9. The van der Waals surface area contributed by atoms with Gasteiger partial charge in [-0.1, -0.05) is 19.3 Å². The van der Waals surface area contributed by atoms with Crippen LogP contribution >= 0.6 is 0 Å². The Balaban J connectivity index is 2.63. The van der Waals surface area contributed by atoms with Gasteiger partial charge in [0.05, 0.1) is 12.0 Å². The number of carbonyl (C=O) groups is 1. The first kappa shape index (κ1) is 14.0. The number of amides is 1. The molecule has 4 heteroatoms. The van der Waals surface area contributed by atoms with Gasteiger partial charge in [-0.2, -0.15) is 5.26 Å². The maximum absolute atomic E-state index is 11.0. The number of carbonyl (C=O) groups excluding carboxylic acids is 1. The van der Waals surface area contributed by atoms with E-state index >= 15 is 0 Å². The molecule has 0 bridgehead atoms. The molecule has 1 rings (SSSR count). The van der Waals surface area contributed by atoms with Crippen LogP contribution in [0, 0.1) is 17.2 Å². The minimum atomic E-state index is -0.323. The van der Waals surface area contributed by atoms with Crippen LogP contribution < -0.4 is 11.1 Å². The van der Waals surface area contributed by atoms with Crippen LogP contribution in [0.3, 0.4) is 0 Å². The molecule has 1 amide bonds. The third-order valence-corrected chi connectivity index (χ3v) is 3.37.